The maximum Gasteiger partial charge on any atom is 0.422 e. The fraction of sp³-hybridized carbons (Fsp3) is 0.211. The number of carbonyl (C=O) groups is 4. The maximum absolute atomic E-state index is 13.0. The van der Waals surface area contributed by atoms with Crippen LogP contribution in [-0.4, -0.2) is 74.1 Å². The van der Waals surface area contributed by atoms with Gasteiger partial charge in [0.1, 0.15) is 6.04 Å². The second kappa shape index (κ2) is 17.3. The van der Waals surface area contributed by atoms with E-state index in [4.69, 9.17) is 16.3 Å². The Morgan fingerprint density at radius 2 is 1.54 bits per heavy atom. The summed E-state index contributed by atoms with van der Waals surface area (Å²) in [4.78, 5) is 66.2. The Morgan fingerprint density at radius 1 is 0.842 bits per heavy atom. The molecule has 0 spiro atoms. The summed E-state index contributed by atoms with van der Waals surface area (Å²) in [5.41, 5.74) is 2.71. The van der Waals surface area contributed by atoms with E-state index in [1.807, 2.05) is 18.2 Å². The summed E-state index contributed by atoms with van der Waals surface area (Å²) >= 11 is 6.02. The smallest absolute Gasteiger partial charge is 0.422 e. The van der Waals surface area contributed by atoms with Gasteiger partial charge < -0.3 is 36.4 Å². The molecule has 3 amide bonds. The van der Waals surface area contributed by atoms with Gasteiger partial charge in [0.25, 0.3) is 5.91 Å². The van der Waals surface area contributed by atoms with Crippen molar-refractivity contribution in [1.82, 2.24) is 30.6 Å². The lowest BCUT2D eigenvalue weighted by Gasteiger charge is -2.19. The average Bonchev–Trinajstić information content (AvgIpc) is 3.97. The monoisotopic (exact) mass is 803 g/mol. The Bertz CT molecular complexity index is 2240. The van der Waals surface area contributed by atoms with Gasteiger partial charge in [-0.3, -0.25) is 19.4 Å². The number of carboxylic acids is 1. The van der Waals surface area contributed by atoms with E-state index in [-0.39, 0.29) is 30.4 Å². The molecule has 294 valence electrons. The number of ether oxygens (including phenoxy) is 1. The predicted octanol–water partition coefficient (Wildman–Crippen LogP) is 5.70. The first-order valence-electron chi connectivity index (χ1n) is 17.3. The van der Waals surface area contributed by atoms with Crippen LogP contribution in [0.4, 0.5) is 36.4 Å². The van der Waals surface area contributed by atoms with Crippen LogP contribution in [0.25, 0.3) is 11.1 Å². The highest BCUT2D eigenvalue weighted by atomic mass is 35.5. The molecule has 1 aliphatic carbocycles. The molecule has 0 bridgehead atoms. The number of aromatic nitrogens is 4. The lowest BCUT2D eigenvalue weighted by Crippen LogP contribution is -2.44. The first-order valence-corrected chi connectivity index (χ1v) is 17.6. The van der Waals surface area contributed by atoms with Crippen LogP contribution in [0.1, 0.15) is 35.2 Å². The van der Waals surface area contributed by atoms with Crippen molar-refractivity contribution < 1.29 is 42.2 Å². The topological polar surface area (TPSA) is 209 Å². The van der Waals surface area contributed by atoms with Crippen LogP contribution in [0.5, 0.6) is 6.01 Å². The summed E-state index contributed by atoms with van der Waals surface area (Å²) in [6.45, 7) is -1.88. The zero-order valence-electron chi connectivity index (χ0n) is 29.6. The van der Waals surface area contributed by atoms with Gasteiger partial charge >= 0.3 is 30.0 Å². The molecular weight excluding hydrogens is 771 g/mol. The van der Waals surface area contributed by atoms with Crippen LogP contribution in [0.15, 0.2) is 97.3 Å². The van der Waals surface area contributed by atoms with E-state index in [2.05, 4.69) is 46.5 Å². The van der Waals surface area contributed by atoms with Crippen molar-refractivity contribution in [2.75, 3.05) is 29.1 Å². The second-order valence-corrected chi connectivity index (χ2v) is 13.2. The minimum Gasteiger partial charge on any atom is -0.480 e. The fourth-order valence-electron chi connectivity index (χ4n) is 5.53. The number of pyridine rings is 1. The third kappa shape index (κ3) is 11.1. The van der Waals surface area contributed by atoms with Gasteiger partial charge in [0, 0.05) is 40.9 Å². The molecule has 3 aromatic carbocycles. The first-order chi connectivity index (χ1) is 27.2. The molecule has 2 heterocycles. The number of nitrogens with one attached hydrogen (secondary N) is 5. The number of rotatable bonds is 15. The van der Waals surface area contributed by atoms with Crippen molar-refractivity contribution >= 4 is 58.6 Å². The summed E-state index contributed by atoms with van der Waals surface area (Å²) in [7, 11) is 0. The molecule has 0 saturated heterocycles. The van der Waals surface area contributed by atoms with Crippen molar-refractivity contribution in [3.8, 4) is 17.1 Å². The minimum atomic E-state index is -4.65. The normalized spacial score (nSPS) is 13.4. The van der Waals surface area contributed by atoms with E-state index >= 15 is 0 Å². The highest BCUT2D eigenvalue weighted by molar-refractivity contribution is 6.39. The number of anilines is 4. The Kier molecular flexibility index (Phi) is 12.1. The van der Waals surface area contributed by atoms with Crippen LogP contribution >= 0.6 is 11.6 Å². The van der Waals surface area contributed by atoms with Gasteiger partial charge in [-0.2, -0.15) is 28.1 Å². The molecule has 15 nitrogen and oxygen atoms in total. The van der Waals surface area contributed by atoms with E-state index in [0.717, 1.165) is 16.7 Å². The molecule has 1 fully saturated rings. The molecule has 57 heavy (non-hydrogen) atoms. The van der Waals surface area contributed by atoms with Crippen LogP contribution in [-0.2, 0) is 19.9 Å². The Morgan fingerprint density at radius 3 is 2.21 bits per heavy atom. The molecule has 0 unspecified atom stereocenters. The number of nitrogens with zero attached hydrogens (tertiary/aromatic N) is 4. The molecule has 5 aromatic rings. The van der Waals surface area contributed by atoms with Gasteiger partial charge in [-0.1, -0.05) is 35.9 Å². The second-order valence-electron chi connectivity index (χ2n) is 12.8. The largest absolute Gasteiger partial charge is 0.480 e. The van der Waals surface area contributed by atoms with Crippen molar-refractivity contribution in [1.29, 1.82) is 0 Å². The highest BCUT2D eigenvalue weighted by Gasteiger charge is 2.45. The highest BCUT2D eigenvalue weighted by Crippen LogP contribution is 2.48. The number of hydrogen-bond acceptors (Lipinski definition) is 11. The lowest BCUT2D eigenvalue weighted by molar-refractivity contribution is -0.154. The number of aliphatic carboxylic acids is 1. The summed E-state index contributed by atoms with van der Waals surface area (Å²) in [5, 5.41) is 23.5. The van der Waals surface area contributed by atoms with Gasteiger partial charge in [-0.05, 0) is 96.6 Å². The van der Waals surface area contributed by atoms with E-state index in [0.29, 0.717) is 29.2 Å². The van der Waals surface area contributed by atoms with E-state index in [1.54, 1.807) is 54.9 Å². The first kappa shape index (κ1) is 39.9. The average molecular weight is 804 g/mol. The van der Waals surface area contributed by atoms with Crippen molar-refractivity contribution in [3.63, 3.8) is 0 Å². The minimum absolute atomic E-state index is 0.0450. The molecule has 1 aliphatic rings. The van der Waals surface area contributed by atoms with Crippen LogP contribution in [0, 0.1) is 0 Å². The molecule has 19 heteroatoms. The molecule has 6 rings (SSSR count). The summed E-state index contributed by atoms with van der Waals surface area (Å²) in [6.07, 6.45) is -0.248. The number of carboxylic acid groups (broad SMARTS) is 1. The van der Waals surface area contributed by atoms with Crippen molar-refractivity contribution in [2.45, 2.75) is 37.0 Å². The number of halogens is 4. The number of benzene rings is 3. The quantitative estimate of drug-likeness (QED) is 0.0705. The Labute approximate surface area is 327 Å². The maximum atomic E-state index is 13.0. The van der Waals surface area contributed by atoms with Gasteiger partial charge in [0.15, 0.2) is 6.61 Å². The summed E-state index contributed by atoms with van der Waals surface area (Å²) in [5.74, 6) is -4.30. The Hall–Kier alpha value is -6.82. The van der Waals surface area contributed by atoms with Crippen molar-refractivity contribution in [3.05, 3.63) is 113 Å². The molecule has 0 aliphatic heterocycles. The predicted molar refractivity (Wildman–Crippen MR) is 202 cm³/mol. The zero-order chi connectivity index (χ0) is 40.6. The van der Waals surface area contributed by atoms with Gasteiger partial charge in [-0.15, -0.1) is 0 Å². The van der Waals surface area contributed by atoms with Crippen LogP contribution < -0.4 is 31.3 Å². The SMILES string of the molecule is O=C(NCC[C@H](NC(=O)c1ccc(Nc2nc(NC3(c4ccc(Cl)cc4)CC3)nc(OCC(F)(F)F)n2)cc1)C(=O)O)C(=O)Nc1cccc(-c2ccncc2)c1. The molecule has 1 saturated carbocycles. The van der Waals surface area contributed by atoms with Crippen molar-refractivity contribution in [2.24, 2.45) is 0 Å². The third-order valence-electron chi connectivity index (χ3n) is 8.54. The number of carbonyl (C=O) groups excluding carboxylic acids is 3. The van der Waals surface area contributed by atoms with E-state index in [1.165, 1.54) is 24.3 Å². The van der Waals surface area contributed by atoms with E-state index in [9.17, 15) is 37.5 Å². The number of amides is 3. The standard InChI is InChI=1S/C38H33ClF3N9O6/c39-26-8-6-25(7-9-26)37(15-16-37)51-35-48-34(49-36(50-35)57-21-38(40,41)42)46-27-10-4-23(5-11-27)30(52)47-29(33(55)56)14-19-44-31(53)32(54)45-28-3-1-2-24(20-28)22-12-17-43-18-13-22/h1-13,17-18,20,29H,14-16,19,21H2,(H,44,53)(H,45,54)(H,47,52)(H,55,56)(H2,46,48,49,50,51)/t29-/m0/s1. The van der Waals surface area contributed by atoms with Gasteiger partial charge in [0.05, 0.1) is 5.54 Å². The van der Waals surface area contributed by atoms with Crippen LogP contribution in [0.2, 0.25) is 5.02 Å². The number of alkyl halides is 3. The number of hydrogen-bond donors (Lipinski definition) is 6. The Balaban J connectivity index is 1.04. The fourth-order valence-corrected chi connectivity index (χ4v) is 5.65. The molecule has 1 atom stereocenters. The lowest BCUT2D eigenvalue weighted by atomic mass is 10.1. The van der Waals surface area contributed by atoms with E-state index < -0.39 is 54.1 Å². The third-order valence-corrected chi connectivity index (χ3v) is 8.80. The summed E-state index contributed by atoms with van der Waals surface area (Å²) < 4.78 is 43.7. The van der Waals surface area contributed by atoms with Crippen LogP contribution in [0.3, 0.4) is 0 Å². The molecule has 2 aromatic heterocycles. The zero-order valence-corrected chi connectivity index (χ0v) is 30.4. The molecule has 6 N–H and O–H groups in total. The van der Waals surface area contributed by atoms with Gasteiger partial charge in [-0.25, -0.2) is 4.79 Å². The summed E-state index contributed by atoms with van der Waals surface area (Å²) in [6, 6.07) is 21.1. The molecule has 0 radical (unpaired) electrons. The van der Waals surface area contributed by atoms with Gasteiger partial charge in [0.2, 0.25) is 11.9 Å². The molecular formula is C38H33ClF3N9O6.